The molecule has 4 heteroatoms. The molecule has 4 nitrogen and oxygen atoms in total. The van der Waals surface area contributed by atoms with Crippen LogP contribution in [-0.2, 0) is 28.7 Å². The van der Waals surface area contributed by atoms with Crippen LogP contribution in [0.15, 0.2) is 0 Å². The largest absolute Gasteiger partial charge is 0.343 e. The van der Waals surface area contributed by atoms with Crippen molar-refractivity contribution in [3.8, 4) is 0 Å². The van der Waals surface area contributed by atoms with E-state index in [9.17, 15) is 0 Å². The maximum Gasteiger partial charge on any atom is 0.198 e. The zero-order valence-corrected chi connectivity index (χ0v) is 8.54. The maximum atomic E-state index is 5.75. The second kappa shape index (κ2) is 2.58. The molecule has 1 fully saturated rings. The molecule has 0 bridgehead atoms. The maximum absolute atomic E-state index is 5.75. The van der Waals surface area contributed by atoms with Gasteiger partial charge in [-0.05, 0) is 13.3 Å². The summed E-state index contributed by atoms with van der Waals surface area (Å²) in [7, 11) is 1.99. The van der Waals surface area contributed by atoms with E-state index in [0.29, 0.717) is 13.2 Å². The molecule has 0 saturated carbocycles. The van der Waals surface area contributed by atoms with Crippen molar-refractivity contribution in [2.24, 2.45) is 7.05 Å². The molecule has 0 radical (unpaired) electrons. The molecule has 1 aromatic heterocycles. The van der Waals surface area contributed by atoms with Crippen LogP contribution in [0, 0.1) is 6.92 Å². The van der Waals surface area contributed by atoms with Crippen molar-refractivity contribution in [3.63, 3.8) is 0 Å². The molecule has 14 heavy (non-hydrogen) atoms. The van der Waals surface area contributed by atoms with Gasteiger partial charge in [0.15, 0.2) is 5.79 Å². The van der Waals surface area contributed by atoms with Crippen molar-refractivity contribution >= 4 is 0 Å². The lowest BCUT2D eigenvalue weighted by molar-refractivity contribution is -0.163. The molecule has 0 N–H and O–H groups in total. The molecule has 1 aliphatic heterocycles. The zero-order valence-electron chi connectivity index (χ0n) is 8.54. The highest BCUT2D eigenvalue weighted by Crippen LogP contribution is 2.44. The Kier molecular flexibility index (Phi) is 1.56. The molecule has 2 aliphatic rings. The van der Waals surface area contributed by atoms with Crippen molar-refractivity contribution in [1.82, 2.24) is 9.78 Å². The predicted octanol–water partition coefficient (Wildman–Crippen LogP) is 0.874. The fraction of sp³-hybridized carbons (Fsp3) is 0.700. The topological polar surface area (TPSA) is 36.3 Å². The molecule has 1 saturated heterocycles. The van der Waals surface area contributed by atoms with Gasteiger partial charge in [0.05, 0.1) is 24.5 Å². The first-order valence-corrected chi connectivity index (χ1v) is 5.04. The summed E-state index contributed by atoms with van der Waals surface area (Å²) in [5.74, 6) is -0.451. The standard InChI is InChI=1S/C10H14N2O2/c1-7-9-8(12(2)11-7)3-4-10(9)13-5-6-14-10/h3-6H2,1-2H3. The summed E-state index contributed by atoms with van der Waals surface area (Å²) in [4.78, 5) is 0. The molecule has 0 unspecified atom stereocenters. The summed E-state index contributed by atoms with van der Waals surface area (Å²) < 4.78 is 13.4. The highest BCUT2D eigenvalue weighted by Gasteiger charge is 2.47. The van der Waals surface area contributed by atoms with Crippen molar-refractivity contribution in [2.75, 3.05) is 13.2 Å². The van der Waals surface area contributed by atoms with E-state index in [4.69, 9.17) is 9.47 Å². The van der Waals surface area contributed by atoms with Gasteiger partial charge in [0.1, 0.15) is 0 Å². The molecule has 2 heterocycles. The first-order chi connectivity index (χ1) is 6.73. The molecular formula is C10H14N2O2. The SMILES string of the molecule is Cc1nn(C)c2c1C1(CC2)OCCO1. The fourth-order valence-corrected chi connectivity index (χ4v) is 2.64. The summed E-state index contributed by atoms with van der Waals surface area (Å²) in [6.45, 7) is 3.43. The van der Waals surface area contributed by atoms with Gasteiger partial charge in [-0.1, -0.05) is 0 Å². The third kappa shape index (κ3) is 0.875. The Morgan fingerprint density at radius 3 is 2.79 bits per heavy atom. The normalized spacial score (nSPS) is 23.3. The van der Waals surface area contributed by atoms with E-state index in [1.54, 1.807) is 0 Å². The van der Waals surface area contributed by atoms with Crippen LogP contribution in [0.1, 0.15) is 23.4 Å². The second-order valence-corrected chi connectivity index (χ2v) is 3.98. The third-order valence-electron chi connectivity index (χ3n) is 3.17. The monoisotopic (exact) mass is 194 g/mol. The lowest BCUT2D eigenvalue weighted by atomic mass is 10.1. The van der Waals surface area contributed by atoms with Gasteiger partial charge < -0.3 is 9.47 Å². The molecule has 1 spiro atoms. The van der Waals surface area contributed by atoms with Crippen LogP contribution < -0.4 is 0 Å². The summed E-state index contributed by atoms with van der Waals surface area (Å²) in [5.41, 5.74) is 3.49. The number of ether oxygens (including phenoxy) is 2. The highest BCUT2D eigenvalue weighted by atomic mass is 16.7. The molecular weight excluding hydrogens is 180 g/mol. The highest BCUT2D eigenvalue weighted by molar-refractivity contribution is 5.35. The number of nitrogens with zero attached hydrogens (tertiary/aromatic N) is 2. The van der Waals surface area contributed by atoms with Crippen molar-refractivity contribution in [1.29, 1.82) is 0 Å². The minimum Gasteiger partial charge on any atom is -0.343 e. The van der Waals surface area contributed by atoms with E-state index in [1.807, 2.05) is 18.7 Å². The van der Waals surface area contributed by atoms with Gasteiger partial charge >= 0.3 is 0 Å². The molecule has 0 aromatic carbocycles. The van der Waals surface area contributed by atoms with E-state index in [-0.39, 0.29) is 0 Å². The fourth-order valence-electron chi connectivity index (χ4n) is 2.64. The molecule has 1 aromatic rings. The Balaban J connectivity index is 2.16. The first-order valence-electron chi connectivity index (χ1n) is 5.04. The van der Waals surface area contributed by atoms with Crippen LogP contribution in [0.5, 0.6) is 0 Å². The Morgan fingerprint density at radius 1 is 1.36 bits per heavy atom. The number of hydrogen-bond acceptors (Lipinski definition) is 3. The van der Waals surface area contributed by atoms with Gasteiger partial charge in [-0.25, -0.2) is 0 Å². The van der Waals surface area contributed by atoms with Crippen LogP contribution in [0.25, 0.3) is 0 Å². The quantitative estimate of drug-likeness (QED) is 0.615. The first kappa shape index (κ1) is 8.44. The predicted molar refractivity (Wildman–Crippen MR) is 49.8 cm³/mol. The third-order valence-corrected chi connectivity index (χ3v) is 3.17. The average Bonchev–Trinajstić information content (AvgIpc) is 2.79. The summed E-state index contributed by atoms with van der Waals surface area (Å²) >= 11 is 0. The van der Waals surface area contributed by atoms with Crippen molar-refractivity contribution in [2.45, 2.75) is 25.6 Å². The van der Waals surface area contributed by atoms with Gasteiger partial charge in [0.2, 0.25) is 0 Å². The molecule has 76 valence electrons. The van der Waals surface area contributed by atoms with Crippen LogP contribution in [0.2, 0.25) is 0 Å². The van der Waals surface area contributed by atoms with Gasteiger partial charge in [0, 0.05) is 19.2 Å². The average molecular weight is 194 g/mol. The van der Waals surface area contributed by atoms with Gasteiger partial charge in [-0.3, -0.25) is 4.68 Å². The van der Waals surface area contributed by atoms with Gasteiger partial charge in [0.25, 0.3) is 0 Å². The van der Waals surface area contributed by atoms with Crippen LogP contribution in [-0.4, -0.2) is 23.0 Å². The van der Waals surface area contributed by atoms with Crippen LogP contribution in [0.4, 0.5) is 0 Å². The smallest absolute Gasteiger partial charge is 0.198 e. The summed E-state index contributed by atoms with van der Waals surface area (Å²) in [6, 6.07) is 0. The molecule has 0 amide bonds. The van der Waals surface area contributed by atoms with Gasteiger partial charge in [-0.2, -0.15) is 5.10 Å². The van der Waals surface area contributed by atoms with Gasteiger partial charge in [-0.15, -0.1) is 0 Å². The molecule has 3 rings (SSSR count). The van der Waals surface area contributed by atoms with Crippen LogP contribution >= 0.6 is 0 Å². The lowest BCUT2D eigenvalue weighted by Crippen LogP contribution is -2.24. The van der Waals surface area contributed by atoms with E-state index in [0.717, 1.165) is 18.5 Å². The summed E-state index contributed by atoms with van der Waals surface area (Å²) in [6.07, 6.45) is 1.95. The molecule has 0 atom stereocenters. The Morgan fingerprint density at radius 2 is 2.07 bits per heavy atom. The van der Waals surface area contributed by atoms with Crippen molar-refractivity contribution < 1.29 is 9.47 Å². The number of fused-ring (bicyclic) bond motifs is 2. The van der Waals surface area contributed by atoms with Crippen molar-refractivity contribution in [3.05, 3.63) is 17.0 Å². The van der Waals surface area contributed by atoms with E-state index in [2.05, 4.69) is 5.10 Å². The van der Waals surface area contributed by atoms with E-state index < -0.39 is 5.79 Å². The van der Waals surface area contributed by atoms with E-state index in [1.165, 1.54) is 11.3 Å². The Hall–Kier alpha value is -0.870. The minimum absolute atomic E-state index is 0.451. The molecule has 1 aliphatic carbocycles. The number of aromatic nitrogens is 2. The second-order valence-electron chi connectivity index (χ2n) is 3.98. The minimum atomic E-state index is -0.451. The lowest BCUT2D eigenvalue weighted by Gasteiger charge is -2.21. The Bertz CT molecular complexity index is 378. The summed E-state index contributed by atoms with van der Waals surface area (Å²) in [5, 5.41) is 4.41. The van der Waals surface area contributed by atoms with Crippen LogP contribution in [0.3, 0.4) is 0 Å². The number of aryl methyl sites for hydroxylation is 2. The number of rotatable bonds is 0. The zero-order chi connectivity index (χ0) is 9.76. The Labute approximate surface area is 82.8 Å². The van der Waals surface area contributed by atoms with E-state index >= 15 is 0 Å². The number of hydrogen-bond donors (Lipinski definition) is 0.